The number of hydrogen-bond donors (Lipinski definition) is 1. The van der Waals surface area contributed by atoms with Gasteiger partial charge in [0.15, 0.2) is 5.82 Å². The molecular weight excluding hydrogens is 428 g/mol. The quantitative estimate of drug-likeness (QED) is 0.508. The second-order valence-electron chi connectivity index (χ2n) is 9.98. The molecule has 2 atom stereocenters. The van der Waals surface area contributed by atoms with Gasteiger partial charge in [0, 0.05) is 30.3 Å². The second kappa shape index (κ2) is 10.4. The number of aromatic nitrogens is 5. The highest BCUT2D eigenvalue weighted by molar-refractivity contribution is 5.79. The SMILES string of the molecule is CCC[C@@H](c1nnnn1C[C@@H]1CCCO1)N(Cc1cc2ccc(C)cc2[nH]c1=O)C1CCCC1. The standard InChI is InChI=1S/C26H36N6O2/c1-3-7-24(25-28-29-30-32(25)17-22-10-6-13-34-22)31(21-8-4-5-9-21)16-20-15-19-12-11-18(2)14-23(19)27-26(20)33/h11-12,14-15,21-22,24H,3-10,13,16-17H2,1-2H3,(H,27,33)/t22-,24-/m0/s1. The van der Waals surface area contributed by atoms with Gasteiger partial charge in [-0.2, -0.15) is 0 Å². The van der Waals surface area contributed by atoms with Crippen molar-refractivity contribution in [3.05, 3.63) is 51.6 Å². The van der Waals surface area contributed by atoms with Gasteiger partial charge in [-0.15, -0.1) is 5.10 Å². The average Bonchev–Trinajstić information content (AvgIpc) is 3.60. The van der Waals surface area contributed by atoms with Gasteiger partial charge in [-0.1, -0.05) is 38.3 Å². The number of tetrazole rings is 1. The van der Waals surface area contributed by atoms with Crippen molar-refractivity contribution in [1.82, 2.24) is 30.1 Å². The zero-order valence-electron chi connectivity index (χ0n) is 20.4. The van der Waals surface area contributed by atoms with Crippen LogP contribution in [0.1, 0.15) is 81.3 Å². The first-order chi connectivity index (χ1) is 16.6. The number of nitrogens with zero attached hydrogens (tertiary/aromatic N) is 5. The fraction of sp³-hybridized carbons (Fsp3) is 0.615. The van der Waals surface area contributed by atoms with Crippen LogP contribution in [0.2, 0.25) is 0 Å². The Morgan fingerprint density at radius 1 is 1.21 bits per heavy atom. The van der Waals surface area contributed by atoms with Gasteiger partial charge in [-0.05, 0) is 72.5 Å². The van der Waals surface area contributed by atoms with E-state index < -0.39 is 0 Å². The maximum atomic E-state index is 13.1. The molecular formula is C26H36N6O2. The first kappa shape index (κ1) is 23.2. The molecule has 1 aliphatic carbocycles. The predicted octanol–water partition coefficient (Wildman–Crippen LogP) is 4.29. The lowest BCUT2D eigenvalue weighted by atomic mass is 10.0. The lowest BCUT2D eigenvalue weighted by molar-refractivity contribution is 0.0828. The minimum atomic E-state index is -0.00436. The number of rotatable bonds is 9. The Kier molecular flexibility index (Phi) is 7.06. The largest absolute Gasteiger partial charge is 0.376 e. The molecule has 1 aliphatic heterocycles. The molecule has 34 heavy (non-hydrogen) atoms. The molecule has 3 aromatic rings. The summed E-state index contributed by atoms with van der Waals surface area (Å²) >= 11 is 0. The molecule has 8 nitrogen and oxygen atoms in total. The van der Waals surface area contributed by atoms with E-state index in [9.17, 15) is 4.79 Å². The lowest BCUT2D eigenvalue weighted by Gasteiger charge is -2.35. The van der Waals surface area contributed by atoms with E-state index in [1.807, 2.05) is 17.7 Å². The Hall–Kier alpha value is -2.58. The Morgan fingerprint density at radius 2 is 2.06 bits per heavy atom. The Labute approximate surface area is 200 Å². The highest BCUT2D eigenvalue weighted by Gasteiger charge is 2.33. The summed E-state index contributed by atoms with van der Waals surface area (Å²) in [4.78, 5) is 18.7. The van der Waals surface area contributed by atoms with Crippen LogP contribution in [-0.2, 0) is 17.8 Å². The first-order valence-corrected chi connectivity index (χ1v) is 12.9. The van der Waals surface area contributed by atoms with Crippen LogP contribution in [0.15, 0.2) is 29.1 Å². The van der Waals surface area contributed by atoms with E-state index in [2.05, 4.69) is 50.5 Å². The summed E-state index contributed by atoms with van der Waals surface area (Å²) in [6.07, 6.45) is 9.06. The summed E-state index contributed by atoms with van der Waals surface area (Å²) in [7, 11) is 0. The van der Waals surface area contributed by atoms with Crippen molar-refractivity contribution in [3.8, 4) is 0 Å². The monoisotopic (exact) mass is 464 g/mol. The highest BCUT2D eigenvalue weighted by Crippen LogP contribution is 2.34. The summed E-state index contributed by atoms with van der Waals surface area (Å²) in [5.41, 5.74) is 2.84. The zero-order chi connectivity index (χ0) is 23.5. The minimum Gasteiger partial charge on any atom is -0.376 e. The van der Waals surface area contributed by atoms with Crippen molar-refractivity contribution < 1.29 is 4.74 Å². The third kappa shape index (κ3) is 4.93. The molecule has 0 radical (unpaired) electrons. The maximum absolute atomic E-state index is 13.1. The van der Waals surface area contributed by atoms with Crippen LogP contribution in [0, 0.1) is 6.92 Å². The number of nitrogens with one attached hydrogen (secondary N) is 1. The molecule has 2 aromatic heterocycles. The fourth-order valence-electron chi connectivity index (χ4n) is 5.68. The molecule has 5 rings (SSSR count). The van der Waals surface area contributed by atoms with Gasteiger partial charge in [0.05, 0.1) is 18.7 Å². The number of H-pyrrole nitrogens is 1. The summed E-state index contributed by atoms with van der Waals surface area (Å²) in [5.74, 6) is 0.900. The van der Waals surface area contributed by atoms with Gasteiger partial charge in [0.1, 0.15) is 0 Å². The number of ether oxygens (including phenoxy) is 1. The first-order valence-electron chi connectivity index (χ1n) is 12.9. The maximum Gasteiger partial charge on any atom is 0.252 e. The topological polar surface area (TPSA) is 88.9 Å². The molecule has 2 aliphatic rings. The van der Waals surface area contributed by atoms with Crippen molar-refractivity contribution in [2.75, 3.05) is 6.61 Å². The van der Waals surface area contributed by atoms with Crippen LogP contribution < -0.4 is 5.56 Å². The number of pyridine rings is 1. The zero-order valence-corrected chi connectivity index (χ0v) is 20.4. The van der Waals surface area contributed by atoms with E-state index in [0.29, 0.717) is 19.1 Å². The van der Waals surface area contributed by atoms with Crippen molar-refractivity contribution in [3.63, 3.8) is 0 Å². The van der Waals surface area contributed by atoms with Gasteiger partial charge in [-0.25, -0.2) is 4.68 Å². The summed E-state index contributed by atoms with van der Waals surface area (Å²) in [6, 6.07) is 8.78. The van der Waals surface area contributed by atoms with E-state index in [1.165, 1.54) is 12.8 Å². The molecule has 2 fully saturated rings. The van der Waals surface area contributed by atoms with Gasteiger partial charge in [-0.3, -0.25) is 9.69 Å². The number of aryl methyl sites for hydroxylation is 1. The third-order valence-electron chi connectivity index (χ3n) is 7.45. The number of hydrogen-bond acceptors (Lipinski definition) is 6. The molecule has 3 heterocycles. The van der Waals surface area contributed by atoms with Crippen LogP contribution in [0.5, 0.6) is 0 Å². The highest BCUT2D eigenvalue weighted by atomic mass is 16.5. The minimum absolute atomic E-state index is 0.00436. The molecule has 182 valence electrons. The smallest absolute Gasteiger partial charge is 0.252 e. The Bertz CT molecular complexity index is 1160. The normalized spacial score (nSPS) is 20.0. The molecule has 1 saturated heterocycles. The molecule has 1 N–H and O–H groups in total. The van der Waals surface area contributed by atoms with E-state index in [-0.39, 0.29) is 17.7 Å². The summed E-state index contributed by atoms with van der Waals surface area (Å²) in [5, 5.41) is 14.0. The van der Waals surface area contributed by atoms with E-state index >= 15 is 0 Å². The third-order valence-corrected chi connectivity index (χ3v) is 7.45. The molecule has 1 saturated carbocycles. The number of aromatic amines is 1. The summed E-state index contributed by atoms with van der Waals surface area (Å²) in [6.45, 7) is 6.36. The van der Waals surface area contributed by atoms with Crippen molar-refractivity contribution in [1.29, 1.82) is 0 Å². The van der Waals surface area contributed by atoms with Gasteiger partial charge >= 0.3 is 0 Å². The van der Waals surface area contributed by atoms with Crippen LogP contribution >= 0.6 is 0 Å². The van der Waals surface area contributed by atoms with Crippen LogP contribution in [0.25, 0.3) is 10.9 Å². The average molecular weight is 465 g/mol. The van der Waals surface area contributed by atoms with Crippen LogP contribution in [0.3, 0.4) is 0 Å². The Balaban J connectivity index is 1.49. The molecule has 0 unspecified atom stereocenters. The fourth-order valence-corrected chi connectivity index (χ4v) is 5.68. The molecule has 0 bridgehead atoms. The number of benzene rings is 1. The molecule has 0 spiro atoms. The van der Waals surface area contributed by atoms with Crippen LogP contribution in [-0.4, -0.2) is 48.8 Å². The molecule has 8 heteroatoms. The number of fused-ring (bicyclic) bond motifs is 1. The predicted molar refractivity (Wildman–Crippen MR) is 132 cm³/mol. The van der Waals surface area contributed by atoms with Crippen molar-refractivity contribution >= 4 is 10.9 Å². The van der Waals surface area contributed by atoms with E-state index in [0.717, 1.165) is 73.0 Å². The van der Waals surface area contributed by atoms with Gasteiger partial charge in [0.2, 0.25) is 0 Å². The lowest BCUT2D eigenvalue weighted by Crippen LogP contribution is -2.39. The molecule has 0 amide bonds. The second-order valence-corrected chi connectivity index (χ2v) is 9.98. The van der Waals surface area contributed by atoms with E-state index in [4.69, 9.17) is 4.74 Å². The summed E-state index contributed by atoms with van der Waals surface area (Å²) < 4.78 is 7.82. The van der Waals surface area contributed by atoms with Gasteiger partial charge in [0.25, 0.3) is 5.56 Å². The molecule has 1 aromatic carbocycles. The van der Waals surface area contributed by atoms with E-state index in [1.54, 1.807) is 0 Å². The van der Waals surface area contributed by atoms with Crippen molar-refractivity contribution in [2.45, 2.75) is 96.5 Å². The Morgan fingerprint density at radius 3 is 2.82 bits per heavy atom. The van der Waals surface area contributed by atoms with Crippen LogP contribution in [0.4, 0.5) is 0 Å². The van der Waals surface area contributed by atoms with Crippen molar-refractivity contribution in [2.24, 2.45) is 0 Å². The van der Waals surface area contributed by atoms with Gasteiger partial charge < -0.3 is 9.72 Å².